The van der Waals surface area contributed by atoms with E-state index in [0.717, 1.165) is 22.4 Å². The van der Waals surface area contributed by atoms with Crippen LogP contribution in [0, 0.1) is 12.8 Å². The molecule has 1 unspecified atom stereocenters. The Hall–Kier alpha value is -3.35. The molecule has 0 bridgehead atoms. The van der Waals surface area contributed by atoms with Crippen molar-refractivity contribution in [2.24, 2.45) is 5.92 Å². The first kappa shape index (κ1) is 20.4. The van der Waals surface area contributed by atoms with Gasteiger partial charge in [0.25, 0.3) is 0 Å². The van der Waals surface area contributed by atoms with Crippen LogP contribution in [0.4, 0.5) is 11.5 Å². The number of anilines is 2. The van der Waals surface area contributed by atoms with E-state index in [0.29, 0.717) is 17.3 Å². The second-order valence-corrected chi connectivity index (χ2v) is 7.13. The van der Waals surface area contributed by atoms with Crippen LogP contribution in [0.25, 0.3) is 10.9 Å². The summed E-state index contributed by atoms with van der Waals surface area (Å²) >= 11 is 0. The Kier molecular flexibility index (Phi) is 5.87. The lowest BCUT2D eigenvalue weighted by molar-refractivity contribution is -0.147. The second kappa shape index (κ2) is 8.34. The highest BCUT2D eigenvalue weighted by Crippen LogP contribution is 2.36. The number of nitrogens with zero attached hydrogens (tertiary/aromatic N) is 3. The normalized spacial score (nSPS) is 12.1. The van der Waals surface area contributed by atoms with Crippen LogP contribution in [-0.4, -0.2) is 41.3 Å². The monoisotopic (exact) mass is 395 g/mol. The van der Waals surface area contributed by atoms with Gasteiger partial charge in [-0.1, -0.05) is 26.0 Å². The summed E-state index contributed by atoms with van der Waals surface area (Å²) in [6.45, 7) is 5.46. The SMILES string of the molecule is COc1ccc(N(C)c2nc(C)nc3ccccc23)cc1OC(C(=O)O)C(C)C. The summed E-state index contributed by atoms with van der Waals surface area (Å²) in [4.78, 5) is 22.6. The van der Waals surface area contributed by atoms with E-state index in [1.165, 1.54) is 7.11 Å². The first-order valence-electron chi connectivity index (χ1n) is 9.36. The zero-order valence-electron chi connectivity index (χ0n) is 17.2. The summed E-state index contributed by atoms with van der Waals surface area (Å²) < 4.78 is 11.2. The van der Waals surface area contributed by atoms with Gasteiger partial charge in [-0.2, -0.15) is 0 Å². The lowest BCUT2D eigenvalue weighted by atomic mass is 10.1. The molecule has 1 aromatic heterocycles. The molecule has 2 aromatic carbocycles. The quantitative estimate of drug-likeness (QED) is 0.642. The third kappa shape index (κ3) is 4.23. The summed E-state index contributed by atoms with van der Waals surface area (Å²) in [7, 11) is 3.43. The first-order chi connectivity index (χ1) is 13.8. The van der Waals surface area contributed by atoms with Crippen molar-refractivity contribution in [3.8, 4) is 11.5 Å². The van der Waals surface area contributed by atoms with Gasteiger partial charge in [-0.05, 0) is 31.2 Å². The Morgan fingerprint density at radius 3 is 2.48 bits per heavy atom. The lowest BCUT2D eigenvalue weighted by Crippen LogP contribution is -2.32. The Labute approximate surface area is 169 Å². The molecule has 7 nitrogen and oxygen atoms in total. The van der Waals surface area contributed by atoms with Crippen LogP contribution in [0.5, 0.6) is 11.5 Å². The highest BCUT2D eigenvalue weighted by Gasteiger charge is 2.25. The summed E-state index contributed by atoms with van der Waals surface area (Å²) in [5.74, 6) is 1.04. The van der Waals surface area contributed by atoms with Gasteiger partial charge in [0.2, 0.25) is 0 Å². The zero-order chi connectivity index (χ0) is 21.1. The third-order valence-corrected chi connectivity index (χ3v) is 4.65. The van der Waals surface area contributed by atoms with Crippen molar-refractivity contribution < 1.29 is 19.4 Å². The fourth-order valence-electron chi connectivity index (χ4n) is 3.13. The molecule has 3 rings (SSSR count). The molecule has 1 heterocycles. The molecule has 7 heteroatoms. The van der Waals surface area contributed by atoms with E-state index in [1.807, 2.05) is 49.2 Å². The number of hydrogen-bond donors (Lipinski definition) is 1. The number of methoxy groups -OCH3 is 1. The van der Waals surface area contributed by atoms with Gasteiger partial charge in [0, 0.05) is 30.1 Å². The van der Waals surface area contributed by atoms with Crippen molar-refractivity contribution in [3.05, 3.63) is 48.3 Å². The van der Waals surface area contributed by atoms with Crippen LogP contribution >= 0.6 is 0 Å². The summed E-state index contributed by atoms with van der Waals surface area (Å²) in [6, 6.07) is 13.2. The van der Waals surface area contributed by atoms with Gasteiger partial charge in [0.1, 0.15) is 11.6 Å². The van der Waals surface area contributed by atoms with E-state index in [9.17, 15) is 9.90 Å². The van der Waals surface area contributed by atoms with Crippen molar-refractivity contribution in [3.63, 3.8) is 0 Å². The number of aromatic nitrogens is 2. The molecule has 0 fully saturated rings. The number of carboxylic acid groups (broad SMARTS) is 1. The first-order valence-corrected chi connectivity index (χ1v) is 9.36. The topological polar surface area (TPSA) is 84.8 Å². The molecule has 3 aromatic rings. The van der Waals surface area contributed by atoms with Crippen molar-refractivity contribution in [2.45, 2.75) is 26.9 Å². The number of fused-ring (bicyclic) bond motifs is 1. The maximum Gasteiger partial charge on any atom is 0.345 e. The molecule has 0 radical (unpaired) electrons. The van der Waals surface area contributed by atoms with Crippen molar-refractivity contribution in [1.29, 1.82) is 0 Å². The van der Waals surface area contributed by atoms with Gasteiger partial charge < -0.3 is 19.5 Å². The van der Waals surface area contributed by atoms with Crippen LogP contribution in [0.2, 0.25) is 0 Å². The Bertz CT molecular complexity index is 1040. The number of carbonyl (C=O) groups is 1. The van der Waals surface area contributed by atoms with Gasteiger partial charge in [-0.15, -0.1) is 0 Å². The van der Waals surface area contributed by atoms with E-state index >= 15 is 0 Å². The number of aliphatic carboxylic acids is 1. The van der Waals surface area contributed by atoms with Gasteiger partial charge in [0.05, 0.1) is 12.6 Å². The predicted octanol–water partition coefficient (Wildman–Crippen LogP) is 4.20. The van der Waals surface area contributed by atoms with Crippen LogP contribution in [0.1, 0.15) is 19.7 Å². The average Bonchev–Trinajstić information content (AvgIpc) is 2.70. The maximum atomic E-state index is 11.6. The lowest BCUT2D eigenvalue weighted by Gasteiger charge is -2.24. The molecular weight excluding hydrogens is 370 g/mol. The number of rotatable bonds is 7. The van der Waals surface area contributed by atoms with Gasteiger partial charge in [-0.25, -0.2) is 14.8 Å². The Morgan fingerprint density at radius 1 is 1.10 bits per heavy atom. The minimum atomic E-state index is -1.02. The average molecular weight is 395 g/mol. The van der Waals surface area contributed by atoms with E-state index in [4.69, 9.17) is 9.47 Å². The fourth-order valence-corrected chi connectivity index (χ4v) is 3.13. The minimum Gasteiger partial charge on any atom is -0.493 e. The highest BCUT2D eigenvalue weighted by molar-refractivity contribution is 5.91. The van der Waals surface area contributed by atoms with E-state index in [1.54, 1.807) is 26.0 Å². The number of benzene rings is 2. The molecule has 0 spiro atoms. The Balaban J connectivity index is 2.05. The molecule has 1 N–H and O–H groups in total. The maximum absolute atomic E-state index is 11.6. The number of hydrogen-bond acceptors (Lipinski definition) is 6. The predicted molar refractivity (Wildman–Crippen MR) is 112 cm³/mol. The fraction of sp³-hybridized carbons (Fsp3) is 0.318. The van der Waals surface area contributed by atoms with Crippen LogP contribution in [-0.2, 0) is 4.79 Å². The molecule has 0 aliphatic carbocycles. The van der Waals surface area contributed by atoms with E-state index < -0.39 is 12.1 Å². The number of para-hydroxylation sites is 1. The van der Waals surface area contributed by atoms with Crippen molar-refractivity contribution in [1.82, 2.24) is 9.97 Å². The molecule has 0 amide bonds. The van der Waals surface area contributed by atoms with Gasteiger partial charge in [0.15, 0.2) is 17.6 Å². The third-order valence-electron chi connectivity index (χ3n) is 4.65. The van der Waals surface area contributed by atoms with Gasteiger partial charge in [-0.3, -0.25) is 0 Å². The number of ether oxygens (including phenoxy) is 2. The number of aryl methyl sites for hydroxylation is 1. The van der Waals surface area contributed by atoms with E-state index in [2.05, 4.69) is 9.97 Å². The highest BCUT2D eigenvalue weighted by atomic mass is 16.5. The molecular formula is C22H25N3O4. The minimum absolute atomic E-state index is 0.202. The van der Waals surface area contributed by atoms with Gasteiger partial charge >= 0.3 is 5.97 Å². The van der Waals surface area contributed by atoms with Crippen molar-refractivity contribution in [2.75, 3.05) is 19.1 Å². The van der Waals surface area contributed by atoms with Crippen LogP contribution < -0.4 is 14.4 Å². The summed E-state index contributed by atoms with van der Waals surface area (Å²) in [5.41, 5.74) is 1.65. The van der Waals surface area contributed by atoms with Crippen molar-refractivity contribution >= 4 is 28.4 Å². The standard InChI is InChI=1S/C22H25N3O4/c1-13(2)20(22(26)27)29-19-12-15(10-11-18(19)28-5)25(4)21-16-8-6-7-9-17(16)23-14(3)24-21/h6-13,20H,1-5H3,(H,26,27). The molecule has 0 aliphatic heterocycles. The largest absolute Gasteiger partial charge is 0.493 e. The molecule has 0 saturated carbocycles. The smallest absolute Gasteiger partial charge is 0.345 e. The Morgan fingerprint density at radius 2 is 1.83 bits per heavy atom. The second-order valence-electron chi connectivity index (χ2n) is 7.13. The molecule has 152 valence electrons. The van der Waals surface area contributed by atoms with E-state index in [-0.39, 0.29) is 5.92 Å². The number of carboxylic acids is 1. The van der Waals surface area contributed by atoms with Crippen LogP contribution in [0.15, 0.2) is 42.5 Å². The molecule has 1 atom stereocenters. The summed E-state index contributed by atoms with van der Waals surface area (Å²) in [6.07, 6.45) is -0.980. The summed E-state index contributed by atoms with van der Waals surface area (Å²) in [5, 5.41) is 10.4. The zero-order valence-corrected chi connectivity index (χ0v) is 17.2. The molecule has 29 heavy (non-hydrogen) atoms. The molecule has 0 aliphatic rings. The van der Waals surface area contributed by atoms with Crippen LogP contribution in [0.3, 0.4) is 0 Å². The molecule has 0 saturated heterocycles.